The van der Waals surface area contributed by atoms with Crippen molar-refractivity contribution in [3.05, 3.63) is 59.0 Å². The Bertz CT molecular complexity index is 722. The fourth-order valence-electron chi connectivity index (χ4n) is 1.93. The Hall–Kier alpha value is -2.49. The molecule has 0 aliphatic rings. The van der Waals surface area contributed by atoms with Gasteiger partial charge in [-0.3, -0.25) is 4.57 Å². The van der Waals surface area contributed by atoms with Crippen molar-refractivity contribution in [3.63, 3.8) is 0 Å². The van der Waals surface area contributed by atoms with Crippen molar-refractivity contribution in [2.24, 2.45) is 0 Å². The third-order valence-corrected chi connectivity index (χ3v) is 2.74. The number of hydrogen-bond acceptors (Lipinski definition) is 2. The molecule has 17 heavy (non-hydrogen) atoms. The highest BCUT2D eigenvalue weighted by atomic mass is 16.1. The van der Waals surface area contributed by atoms with Crippen molar-refractivity contribution in [1.82, 2.24) is 9.55 Å². The van der Waals surface area contributed by atoms with Gasteiger partial charge in [-0.05, 0) is 36.4 Å². The molecule has 0 atom stereocenters. The van der Waals surface area contributed by atoms with Crippen molar-refractivity contribution in [3.8, 4) is 5.69 Å². The lowest BCUT2D eigenvalue weighted by molar-refractivity contribution is 1.02. The first-order valence-corrected chi connectivity index (χ1v) is 5.31. The Morgan fingerprint density at radius 2 is 1.71 bits per heavy atom. The molecule has 0 spiro atoms. The van der Waals surface area contributed by atoms with E-state index in [0.29, 0.717) is 5.69 Å². The number of fused-ring (bicyclic) bond motifs is 1. The second-order valence-electron chi connectivity index (χ2n) is 3.87. The van der Waals surface area contributed by atoms with Gasteiger partial charge in [0, 0.05) is 5.69 Å². The van der Waals surface area contributed by atoms with Crippen LogP contribution in [0.1, 0.15) is 0 Å². The summed E-state index contributed by atoms with van der Waals surface area (Å²) in [6.07, 6.45) is 0. The van der Waals surface area contributed by atoms with E-state index in [0.717, 1.165) is 16.7 Å². The van der Waals surface area contributed by atoms with Crippen molar-refractivity contribution >= 4 is 16.7 Å². The van der Waals surface area contributed by atoms with Gasteiger partial charge >= 0.3 is 5.69 Å². The zero-order valence-corrected chi connectivity index (χ0v) is 9.05. The van der Waals surface area contributed by atoms with Crippen LogP contribution in [0.5, 0.6) is 0 Å². The van der Waals surface area contributed by atoms with Crippen LogP contribution in [-0.4, -0.2) is 9.55 Å². The molecule has 0 saturated heterocycles. The number of aromatic nitrogens is 2. The Morgan fingerprint density at radius 3 is 2.47 bits per heavy atom. The molecule has 0 saturated carbocycles. The van der Waals surface area contributed by atoms with E-state index in [9.17, 15) is 4.79 Å². The van der Waals surface area contributed by atoms with E-state index in [-0.39, 0.29) is 5.69 Å². The number of nitrogens with zero attached hydrogens (tertiary/aromatic N) is 1. The minimum absolute atomic E-state index is 0.143. The number of rotatable bonds is 1. The zero-order valence-electron chi connectivity index (χ0n) is 9.05. The fraction of sp³-hybridized carbons (Fsp3) is 0. The molecule has 4 nitrogen and oxygen atoms in total. The van der Waals surface area contributed by atoms with Gasteiger partial charge in [0.25, 0.3) is 0 Å². The molecule has 0 unspecified atom stereocenters. The van der Waals surface area contributed by atoms with Crippen LogP contribution in [0.15, 0.2) is 53.3 Å². The summed E-state index contributed by atoms with van der Waals surface area (Å²) >= 11 is 0. The highest BCUT2D eigenvalue weighted by molar-refractivity contribution is 5.77. The molecule has 3 aromatic rings. The van der Waals surface area contributed by atoms with Gasteiger partial charge in [-0.2, -0.15) is 0 Å². The van der Waals surface area contributed by atoms with Crippen LogP contribution in [0.25, 0.3) is 16.7 Å². The number of anilines is 1. The number of aromatic amines is 1. The molecule has 4 heteroatoms. The molecule has 1 aromatic heterocycles. The van der Waals surface area contributed by atoms with Crippen LogP contribution < -0.4 is 11.4 Å². The van der Waals surface area contributed by atoms with Crippen LogP contribution >= 0.6 is 0 Å². The highest BCUT2D eigenvalue weighted by Gasteiger charge is 2.07. The first-order valence-electron chi connectivity index (χ1n) is 5.31. The number of para-hydroxylation sites is 2. The third-order valence-electron chi connectivity index (χ3n) is 2.74. The molecule has 1 heterocycles. The molecular weight excluding hydrogens is 214 g/mol. The average molecular weight is 225 g/mol. The number of H-pyrrole nitrogens is 1. The van der Waals surface area contributed by atoms with Crippen LogP contribution in [0, 0.1) is 0 Å². The molecule has 3 N–H and O–H groups in total. The number of benzene rings is 2. The quantitative estimate of drug-likeness (QED) is 0.621. The van der Waals surface area contributed by atoms with Crippen LogP contribution in [0.4, 0.5) is 5.69 Å². The molecular formula is C13H11N3O. The van der Waals surface area contributed by atoms with Crippen molar-refractivity contribution in [2.75, 3.05) is 5.73 Å². The van der Waals surface area contributed by atoms with Gasteiger partial charge in [0.15, 0.2) is 0 Å². The van der Waals surface area contributed by atoms with Gasteiger partial charge in [0.2, 0.25) is 0 Å². The predicted molar refractivity (Wildman–Crippen MR) is 68.3 cm³/mol. The third kappa shape index (κ3) is 1.50. The van der Waals surface area contributed by atoms with Crippen LogP contribution in [0.3, 0.4) is 0 Å². The summed E-state index contributed by atoms with van der Waals surface area (Å²) < 4.78 is 1.63. The Morgan fingerprint density at radius 1 is 1.00 bits per heavy atom. The van der Waals surface area contributed by atoms with E-state index in [4.69, 9.17) is 5.73 Å². The number of nitrogens with two attached hydrogens (primary N) is 1. The summed E-state index contributed by atoms with van der Waals surface area (Å²) in [5.41, 5.74) is 8.67. The lowest BCUT2D eigenvalue weighted by Crippen LogP contribution is -2.14. The minimum Gasteiger partial charge on any atom is -0.399 e. The molecule has 0 aliphatic heterocycles. The largest absolute Gasteiger partial charge is 0.399 e. The van der Waals surface area contributed by atoms with Gasteiger partial charge < -0.3 is 10.7 Å². The minimum atomic E-state index is -0.143. The summed E-state index contributed by atoms with van der Waals surface area (Å²) in [6, 6.07) is 14.8. The number of imidazole rings is 1. The van der Waals surface area contributed by atoms with E-state index in [1.54, 1.807) is 16.7 Å². The molecule has 3 rings (SSSR count). The molecule has 2 aromatic carbocycles. The molecule has 0 bridgehead atoms. The average Bonchev–Trinajstić information content (AvgIpc) is 2.66. The smallest absolute Gasteiger partial charge is 0.331 e. The topological polar surface area (TPSA) is 63.8 Å². The second-order valence-corrected chi connectivity index (χ2v) is 3.87. The van der Waals surface area contributed by atoms with E-state index in [2.05, 4.69) is 4.98 Å². The van der Waals surface area contributed by atoms with Gasteiger partial charge in [-0.15, -0.1) is 0 Å². The van der Waals surface area contributed by atoms with Crippen molar-refractivity contribution in [1.29, 1.82) is 0 Å². The molecule has 0 aliphatic carbocycles. The maximum absolute atomic E-state index is 11.9. The fourth-order valence-corrected chi connectivity index (χ4v) is 1.93. The van der Waals surface area contributed by atoms with E-state index >= 15 is 0 Å². The number of nitrogens with one attached hydrogen (secondary N) is 1. The Labute approximate surface area is 97.3 Å². The van der Waals surface area contributed by atoms with Gasteiger partial charge in [-0.25, -0.2) is 4.79 Å². The lowest BCUT2D eigenvalue weighted by atomic mass is 10.2. The summed E-state index contributed by atoms with van der Waals surface area (Å²) in [6.45, 7) is 0. The maximum atomic E-state index is 11.9. The maximum Gasteiger partial charge on any atom is 0.331 e. The zero-order chi connectivity index (χ0) is 11.8. The standard InChI is InChI=1S/C13H11N3O/c14-9-5-7-10(8-6-9)16-12-4-2-1-3-11(12)15-13(16)17/h1-8H,14H2,(H,15,17). The van der Waals surface area contributed by atoms with Crippen molar-refractivity contribution in [2.45, 2.75) is 0 Å². The predicted octanol–water partition coefficient (Wildman–Crippen LogP) is 1.90. The SMILES string of the molecule is Nc1ccc(-n2c(=O)[nH]c3ccccc32)cc1. The summed E-state index contributed by atoms with van der Waals surface area (Å²) in [7, 11) is 0. The monoisotopic (exact) mass is 225 g/mol. The van der Waals surface area contributed by atoms with Crippen molar-refractivity contribution < 1.29 is 0 Å². The normalized spacial score (nSPS) is 10.8. The summed E-state index contributed by atoms with van der Waals surface area (Å²) in [5, 5.41) is 0. The van der Waals surface area contributed by atoms with Gasteiger partial charge in [0.1, 0.15) is 0 Å². The van der Waals surface area contributed by atoms with E-state index in [1.165, 1.54) is 0 Å². The van der Waals surface area contributed by atoms with Gasteiger partial charge in [0.05, 0.1) is 16.7 Å². The molecule has 0 fully saturated rings. The summed E-state index contributed by atoms with van der Waals surface area (Å²) in [4.78, 5) is 14.7. The van der Waals surface area contributed by atoms with Gasteiger partial charge in [-0.1, -0.05) is 12.1 Å². The van der Waals surface area contributed by atoms with E-state index < -0.39 is 0 Å². The molecule has 0 amide bonds. The Balaban J connectivity index is 2.33. The first kappa shape index (κ1) is 9.72. The molecule has 84 valence electrons. The first-order chi connectivity index (χ1) is 8.25. The van der Waals surface area contributed by atoms with Crippen LogP contribution in [-0.2, 0) is 0 Å². The second kappa shape index (κ2) is 3.52. The van der Waals surface area contributed by atoms with E-state index in [1.807, 2.05) is 36.4 Å². The Kier molecular flexibility index (Phi) is 2.01. The number of nitrogen functional groups attached to an aromatic ring is 1. The lowest BCUT2D eigenvalue weighted by Gasteiger charge is -2.03. The number of hydrogen-bond donors (Lipinski definition) is 2. The highest BCUT2D eigenvalue weighted by Crippen LogP contribution is 2.15. The molecule has 0 radical (unpaired) electrons. The summed E-state index contributed by atoms with van der Waals surface area (Å²) in [5.74, 6) is 0. The van der Waals surface area contributed by atoms with Crippen LogP contribution in [0.2, 0.25) is 0 Å².